The van der Waals surface area contributed by atoms with Crippen molar-refractivity contribution in [2.45, 2.75) is 84.0 Å². The second-order valence-corrected chi connectivity index (χ2v) is 12.1. The normalized spacial score (nSPS) is 15.8. The molecule has 1 aliphatic carbocycles. The van der Waals surface area contributed by atoms with E-state index in [2.05, 4.69) is 4.72 Å². The van der Waals surface area contributed by atoms with Crippen LogP contribution in [0.3, 0.4) is 0 Å². The van der Waals surface area contributed by atoms with Crippen molar-refractivity contribution in [1.29, 1.82) is 0 Å². The molecule has 1 unspecified atom stereocenters. The highest BCUT2D eigenvalue weighted by Crippen LogP contribution is 2.35. The molecular formula is C26H42N2O5S. The van der Waals surface area contributed by atoms with Gasteiger partial charge >= 0.3 is 5.97 Å². The maximum atomic E-state index is 12.8. The van der Waals surface area contributed by atoms with Gasteiger partial charge in [0.25, 0.3) is 0 Å². The lowest BCUT2D eigenvalue weighted by molar-refractivity contribution is -0.145. The van der Waals surface area contributed by atoms with Gasteiger partial charge in [0, 0.05) is 26.1 Å². The Bertz CT molecular complexity index is 900. The Kier molecular flexibility index (Phi) is 10.6. The molecule has 1 fully saturated rings. The van der Waals surface area contributed by atoms with Crippen molar-refractivity contribution in [3.63, 3.8) is 0 Å². The van der Waals surface area contributed by atoms with E-state index >= 15 is 0 Å². The van der Waals surface area contributed by atoms with Gasteiger partial charge in [0.1, 0.15) is 0 Å². The summed E-state index contributed by atoms with van der Waals surface area (Å²) >= 11 is 0. The highest BCUT2D eigenvalue weighted by Gasteiger charge is 2.28. The van der Waals surface area contributed by atoms with Crippen molar-refractivity contribution < 1.29 is 22.7 Å². The first-order chi connectivity index (χ1) is 16.0. The van der Waals surface area contributed by atoms with E-state index in [-0.39, 0.29) is 34.6 Å². The minimum Gasteiger partial charge on any atom is -0.466 e. The van der Waals surface area contributed by atoms with Gasteiger partial charge in [-0.3, -0.25) is 9.59 Å². The smallest absolute Gasteiger partial charge is 0.313 e. The molecule has 1 saturated carbocycles. The van der Waals surface area contributed by atoms with Crippen LogP contribution in [0.15, 0.2) is 29.2 Å². The fraction of sp³-hybridized carbons (Fsp3) is 0.692. The Labute approximate surface area is 205 Å². The number of amides is 1. The molecule has 34 heavy (non-hydrogen) atoms. The summed E-state index contributed by atoms with van der Waals surface area (Å²) in [5.41, 5.74) is 0.666. The van der Waals surface area contributed by atoms with Crippen LogP contribution in [0.2, 0.25) is 0 Å². The number of hydrogen-bond acceptors (Lipinski definition) is 5. The highest BCUT2D eigenvalue weighted by molar-refractivity contribution is 7.89. The Morgan fingerprint density at radius 1 is 1.12 bits per heavy atom. The van der Waals surface area contributed by atoms with Crippen LogP contribution in [-0.2, 0) is 24.3 Å². The minimum atomic E-state index is -3.72. The maximum Gasteiger partial charge on any atom is 0.313 e. The van der Waals surface area contributed by atoms with E-state index in [4.69, 9.17) is 4.74 Å². The molecule has 8 heteroatoms. The summed E-state index contributed by atoms with van der Waals surface area (Å²) in [5, 5.41) is 0. The largest absolute Gasteiger partial charge is 0.466 e. The molecule has 2 rings (SSSR count). The van der Waals surface area contributed by atoms with Gasteiger partial charge in [0.2, 0.25) is 15.9 Å². The molecule has 1 aromatic rings. The molecule has 7 nitrogen and oxygen atoms in total. The topological polar surface area (TPSA) is 92.8 Å². The van der Waals surface area contributed by atoms with Crippen molar-refractivity contribution in [3.8, 4) is 0 Å². The van der Waals surface area contributed by atoms with E-state index in [1.165, 1.54) is 12.8 Å². The summed E-state index contributed by atoms with van der Waals surface area (Å²) < 4.78 is 33.5. The first-order valence-electron chi connectivity index (χ1n) is 12.5. The SMILES string of the molecule is CCOC(=O)C(CC1CCCC1)c1ccc(S(=O)(=O)NCCN(CC)C(=O)CC(C)(C)C)cc1. The van der Waals surface area contributed by atoms with Crippen LogP contribution >= 0.6 is 0 Å². The molecule has 1 amide bonds. The molecule has 0 aromatic heterocycles. The zero-order chi connectivity index (χ0) is 25.4. The molecule has 192 valence electrons. The summed E-state index contributed by atoms with van der Waals surface area (Å²) in [6.45, 7) is 11.0. The van der Waals surface area contributed by atoms with Gasteiger partial charge in [-0.15, -0.1) is 0 Å². The summed E-state index contributed by atoms with van der Waals surface area (Å²) in [6.07, 6.45) is 5.79. The second-order valence-electron chi connectivity index (χ2n) is 10.4. The molecular weight excluding hydrogens is 452 g/mol. The predicted molar refractivity (Wildman–Crippen MR) is 134 cm³/mol. The third-order valence-electron chi connectivity index (χ3n) is 6.30. The number of nitrogens with zero attached hydrogens (tertiary/aromatic N) is 1. The first kappa shape index (κ1) is 28.3. The van der Waals surface area contributed by atoms with E-state index in [0.29, 0.717) is 32.0 Å². The fourth-order valence-electron chi connectivity index (χ4n) is 4.49. The van der Waals surface area contributed by atoms with Gasteiger partial charge in [-0.2, -0.15) is 0 Å². The summed E-state index contributed by atoms with van der Waals surface area (Å²) in [4.78, 5) is 26.9. The average Bonchev–Trinajstić information content (AvgIpc) is 3.27. The van der Waals surface area contributed by atoms with Gasteiger partial charge in [0.15, 0.2) is 0 Å². The van der Waals surface area contributed by atoms with E-state index in [9.17, 15) is 18.0 Å². The van der Waals surface area contributed by atoms with Crippen LogP contribution in [0.4, 0.5) is 0 Å². The number of sulfonamides is 1. The number of rotatable bonds is 12. The van der Waals surface area contributed by atoms with Crippen molar-refractivity contribution in [1.82, 2.24) is 9.62 Å². The van der Waals surface area contributed by atoms with E-state index < -0.39 is 10.0 Å². The lowest BCUT2D eigenvalue weighted by Crippen LogP contribution is -2.39. The fourth-order valence-corrected chi connectivity index (χ4v) is 5.51. The quantitative estimate of drug-likeness (QED) is 0.433. The van der Waals surface area contributed by atoms with Gasteiger partial charge in [-0.25, -0.2) is 13.1 Å². The molecule has 1 atom stereocenters. The molecule has 1 aromatic carbocycles. The van der Waals surface area contributed by atoms with Gasteiger partial charge in [-0.05, 0) is 49.3 Å². The number of hydrogen-bond donors (Lipinski definition) is 1. The van der Waals surface area contributed by atoms with Gasteiger partial charge in [-0.1, -0.05) is 58.6 Å². The predicted octanol–water partition coefficient (Wildman–Crippen LogP) is 4.48. The zero-order valence-electron chi connectivity index (χ0n) is 21.4. The highest BCUT2D eigenvalue weighted by atomic mass is 32.2. The lowest BCUT2D eigenvalue weighted by Gasteiger charge is -2.25. The van der Waals surface area contributed by atoms with Crippen molar-refractivity contribution >= 4 is 21.9 Å². The van der Waals surface area contributed by atoms with Crippen LogP contribution in [0.5, 0.6) is 0 Å². The molecule has 0 spiro atoms. The number of carbonyl (C=O) groups excluding carboxylic acids is 2. The molecule has 0 saturated heterocycles. The van der Waals surface area contributed by atoms with Crippen LogP contribution in [0.25, 0.3) is 0 Å². The van der Waals surface area contributed by atoms with Crippen molar-refractivity contribution in [2.75, 3.05) is 26.2 Å². The van der Waals surface area contributed by atoms with Gasteiger partial charge in [0.05, 0.1) is 17.4 Å². The molecule has 0 aliphatic heterocycles. The number of ether oxygens (including phenoxy) is 1. The van der Waals surface area contributed by atoms with E-state index in [1.807, 2.05) is 27.7 Å². The summed E-state index contributed by atoms with van der Waals surface area (Å²) in [6, 6.07) is 6.52. The van der Waals surface area contributed by atoms with E-state index in [0.717, 1.165) is 24.8 Å². The van der Waals surface area contributed by atoms with Gasteiger partial charge < -0.3 is 9.64 Å². The Morgan fingerprint density at radius 3 is 2.26 bits per heavy atom. The summed E-state index contributed by atoms with van der Waals surface area (Å²) in [7, 11) is -3.72. The maximum absolute atomic E-state index is 12.8. The molecule has 0 bridgehead atoms. The van der Waals surface area contributed by atoms with Crippen LogP contribution < -0.4 is 4.72 Å². The molecule has 1 aliphatic rings. The van der Waals surface area contributed by atoms with Crippen LogP contribution in [0.1, 0.15) is 84.6 Å². The zero-order valence-corrected chi connectivity index (χ0v) is 22.2. The van der Waals surface area contributed by atoms with Crippen molar-refractivity contribution in [2.24, 2.45) is 11.3 Å². The Balaban J connectivity index is 2.03. The first-order valence-corrected chi connectivity index (χ1v) is 14.0. The number of benzene rings is 1. The minimum absolute atomic E-state index is 0.0193. The number of carbonyl (C=O) groups is 2. The standard InChI is InChI=1S/C26H42N2O5S/c1-6-28(24(29)19-26(3,4)5)17-16-27-34(31,32)22-14-12-21(13-15-22)23(25(30)33-7-2)18-20-10-8-9-11-20/h12-15,20,23,27H,6-11,16-19H2,1-5H3. The number of nitrogens with one attached hydrogen (secondary N) is 1. The monoisotopic (exact) mass is 494 g/mol. The average molecular weight is 495 g/mol. The van der Waals surface area contributed by atoms with E-state index in [1.54, 1.807) is 36.1 Å². The molecule has 0 heterocycles. The van der Waals surface area contributed by atoms with Crippen LogP contribution in [0, 0.1) is 11.3 Å². The Morgan fingerprint density at radius 2 is 1.74 bits per heavy atom. The number of likely N-dealkylation sites (N-methyl/N-ethyl adjacent to an activating group) is 1. The molecule has 0 radical (unpaired) electrons. The molecule has 1 N–H and O–H groups in total. The second kappa shape index (κ2) is 12.7. The summed E-state index contributed by atoms with van der Waals surface area (Å²) in [5.74, 6) is -0.102. The van der Waals surface area contributed by atoms with Crippen molar-refractivity contribution in [3.05, 3.63) is 29.8 Å². The number of esters is 1. The van der Waals surface area contributed by atoms with Crippen LogP contribution in [-0.4, -0.2) is 51.4 Å². The third kappa shape index (κ3) is 8.69. The lowest BCUT2D eigenvalue weighted by atomic mass is 9.88. The third-order valence-corrected chi connectivity index (χ3v) is 7.77. The Hall–Kier alpha value is -1.93.